The third-order valence-electron chi connectivity index (χ3n) is 7.07. The summed E-state index contributed by atoms with van der Waals surface area (Å²) in [5.74, 6) is 0.372. The number of benzene rings is 3. The maximum atomic E-state index is 13.7. The van der Waals surface area contributed by atoms with E-state index in [4.69, 9.17) is 14.2 Å². The monoisotopic (exact) mass is 543 g/mol. The average molecular weight is 544 g/mol. The Morgan fingerprint density at radius 2 is 1.62 bits per heavy atom. The molecule has 0 radical (unpaired) electrons. The van der Waals surface area contributed by atoms with Gasteiger partial charge in [-0.2, -0.15) is 0 Å². The number of methoxy groups -OCH3 is 2. The van der Waals surface area contributed by atoms with Gasteiger partial charge < -0.3 is 24.2 Å². The van der Waals surface area contributed by atoms with Crippen LogP contribution in [0.15, 0.2) is 66.2 Å². The lowest BCUT2D eigenvalue weighted by Gasteiger charge is -2.27. The van der Waals surface area contributed by atoms with Crippen LogP contribution in [-0.2, 0) is 16.1 Å². The topological polar surface area (TPSA) is 85.3 Å². The van der Waals surface area contributed by atoms with Gasteiger partial charge in [0, 0.05) is 11.1 Å². The van der Waals surface area contributed by atoms with E-state index in [1.54, 1.807) is 14.2 Å². The molecule has 0 aromatic heterocycles. The molecular weight excluding hydrogens is 506 g/mol. The van der Waals surface area contributed by atoms with Crippen molar-refractivity contribution in [3.05, 3.63) is 94.1 Å². The molecule has 1 aliphatic rings. The maximum absolute atomic E-state index is 13.7. The van der Waals surface area contributed by atoms with Gasteiger partial charge in [0.05, 0.1) is 38.5 Å². The summed E-state index contributed by atoms with van der Waals surface area (Å²) in [6, 6.07) is 17.5. The third-order valence-corrected chi connectivity index (χ3v) is 7.07. The molecular formula is C33H37NO6. The largest absolute Gasteiger partial charge is 0.507 e. The van der Waals surface area contributed by atoms with Crippen LogP contribution in [0.4, 0.5) is 0 Å². The smallest absolute Gasteiger partial charge is 0.295 e. The number of hydrogen-bond donors (Lipinski definition) is 1. The van der Waals surface area contributed by atoms with E-state index < -0.39 is 17.7 Å². The first-order valence-corrected chi connectivity index (χ1v) is 13.4. The molecule has 0 spiro atoms. The molecule has 7 heteroatoms. The van der Waals surface area contributed by atoms with Crippen LogP contribution in [0.5, 0.6) is 17.2 Å². The summed E-state index contributed by atoms with van der Waals surface area (Å²) in [7, 11) is 3.17. The number of amides is 1. The van der Waals surface area contributed by atoms with Crippen molar-refractivity contribution in [2.45, 2.75) is 59.2 Å². The second kappa shape index (κ2) is 11.9. The van der Waals surface area contributed by atoms with Crippen LogP contribution in [0.2, 0.25) is 0 Å². The van der Waals surface area contributed by atoms with Gasteiger partial charge in [-0.15, -0.1) is 0 Å². The summed E-state index contributed by atoms with van der Waals surface area (Å²) in [6.07, 6.45) is -0.0633. The molecule has 1 fully saturated rings. The van der Waals surface area contributed by atoms with Crippen LogP contribution in [0, 0.1) is 6.92 Å². The predicted molar refractivity (Wildman–Crippen MR) is 155 cm³/mol. The lowest BCUT2D eigenvalue weighted by molar-refractivity contribution is -0.140. The molecule has 1 amide bonds. The molecule has 1 unspecified atom stereocenters. The van der Waals surface area contributed by atoms with Crippen LogP contribution in [-0.4, -0.2) is 42.0 Å². The van der Waals surface area contributed by atoms with Crippen molar-refractivity contribution in [1.82, 2.24) is 4.90 Å². The molecule has 7 nitrogen and oxygen atoms in total. The Bertz CT molecular complexity index is 1460. The van der Waals surface area contributed by atoms with Crippen LogP contribution < -0.4 is 14.2 Å². The molecule has 1 saturated heterocycles. The number of para-hydroxylation sites is 1. The minimum atomic E-state index is -0.843. The molecule has 4 rings (SSSR count). The first kappa shape index (κ1) is 28.7. The van der Waals surface area contributed by atoms with Gasteiger partial charge in [-0.1, -0.05) is 44.2 Å². The Morgan fingerprint density at radius 3 is 2.27 bits per heavy atom. The Labute approximate surface area is 236 Å². The molecule has 0 saturated carbocycles. The highest BCUT2D eigenvalue weighted by Gasteiger charge is 2.46. The Balaban J connectivity index is 1.94. The summed E-state index contributed by atoms with van der Waals surface area (Å²) in [4.78, 5) is 28.8. The summed E-state index contributed by atoms with van der Waals surface area (Å²) in [5, 5.41) is 11.8. The first-order valence-electron chi connectivity index (χ1n) is 13.4. The number of hydrogen-bond acceptors (Lipinski definition) is 6. The van der Waals surface area contributed by atoms with Crippen LogP contribution in [0.1, 0.15) is 67.5 Å². The quantitative estimate of drug-likeness (QED) is 0.187. The Morgan fingerprint density at radius 1 is 0.925 bits per heavy atom. The zero-order chi connectivity index (χ0) is 29.1. The van der Waals surface area contributed by atoms with E-state index in [-0.39, 0.29) is 29.9 Å². The minimum absolute atomic E-state index is 0.0320. The number of aliphatic hydroxyl groups is 1. The van der Waals surface area contributed by atoms with Crippen LogP contribution in [0.25, 0.3) is 5.76 Å². The zero-order valence-electron chi connectivity index (χ0n) is 24.1. The van der Waals surface area contributed by atoms with Gasteiger partial charge in [0.25, 0.3) is 11.7 Å². The molecule has 1 aliphatic heterocycles. The number of aryl methyl sites for hydroxylation is 1. The summed E-state index contributed by atoms with van der Waals surface area (Å²) >= 11 is 0. The number of carbonyl (C=O) groups excluding carboxylic acids is 2. The lowest BCUT2D eigenvalue weighted by atomic mass is 9.91. The fourth-order valence-electron chi connectivity index (χ4n) is 5.16. The summed E-state index contributed by atoms with van der Waals surface area (Å²) < 4.78 is 17.0. The number of Topliss-reactive ketones (excluding diaryl/α,β-unsaturated/α-hetero) is 1. The van der Waals surface area contributed by atoms with E-state index in [2.05, 4.69) is 0 Å². The fraction of sp³-hybridized carbons (Fsp3) is 0.333. The van der Waals surface area contributed by atoms with E-state index in [0.29, 0.717) is 28.4 Å². The first-order chi connectivity index (χ1) is 19.1. The van der Waals surface area contributed by atoms with E-state index >= 15 is 0 Å². The molecule has 40 heavy (non-hydrogen) atoms. The van der Waals surface area contributed by atoms with Gasteiger partial charge in [-0.25, -0.2) is 0 Å². The molecule has 3 aromatic carbocycles. The van der Waals surface area contributed by atoms with Gasteiger partial charge in [-0.05, 0) is 73.7 Å². The van der Waals surface area contributed by atoms with Crippen molar-refractivity contribution in [3.8, 4) is 17.2 Å². The maximum Gasteiger partial charge on any atom is 0.295 e. The number of aliphatic hydroxyl groups excluding tert-OH is 1. The van der Waals surface area contributed by atoms with Crippen molar-refractivity contribution < 1.29 is 28.9 Å². The molecule has 1 N–H and O–H groups in total. The van der Waals surface area contributed by atoms with E-state index in [1.807, 2.05) is 95.3 Å². The number of ether oxygens (including phenoxy) is 3. The highest BCUT2D eigenvalue weighted by Crippen LogP contribution is 2.43. The van der Waals surface area contributed by atoms with Gasteiger partial charge in [-0.3, -0.25) is 9.59 Å². The lowest BCUT2D eigenvalue weighted by Crippen LogP contribution is -2.29. The van der Waals surface area contributed by atoms with Gasteiger partial charge >= 0.3 is 0 Å². The van der Waals surface area contributed by atoms with Crippen molar-refractivity contribution in [1.29, 1.82) is 0 Å². The molecule has 0 aliphatic carbocycles. The number of nitrogens with zero attached hydrogens (tertiary/aromatic N) is 1. The van der Waals surface area contributed by atoms with E-state index in [0.717, 1.165) is 16.7 Å². The minimum Gasteiger partial charge on any atom is -0.507 e. The molecule has 1 atom stereocenters. The highest BCUT2D eigenvalue weighted by molar-refractivity contribution is 6.46. The number of carbonyl (C=O) groups is 2. The van der Waals surface area contributed by atoms with Crippen LogP contribution in [0.3, 0.4) is 0 Å². The van der Waals surface area contributed by atoms with Crippen molar-refractivity contribution >= 4 is 17.4 Å². The second-order valence-corrected chi connectivity index (χ2v) is 10.5. The normalized spacial score (nSPS) is 16.6. The van der Waals surface area contributed by atoms with Crippen LogP contribution >= 0.6 is 0 Å². The fourth-order valence-corrected chi connectivity index (χ4v) is 5.16. The number of ketones is 1. The Hall–Kier alpha value is -4.26. The Kier molecular flexibility index (Phi) is 8.52. The zero-order valence-corrected chi connectivity index (χ0v) is 24.1. The van der Waals surface area contributed by atoms with E-state index in [1.165, 1.54) is 4.90 Å². The molecule has 0 bridgehead atoms. The number of rotatable bonds is 9. The summed E-state index contributed by atoms with van der Waals surface area (Å²) in [5.41, 5.74) is 3.54. The number of likely N-dealkylation sites (tertiary alicyclic amines) is 1. The highest BCUT2D eigenvalue weighted by atomic mass is 16.5. The SMILES string of the molecule is COc1ccccc1CN1C(=O)C(=O)/C(=C(/O)c2cc(C(C)C)c(OC)cc2C)C1c1cccc(OC(C)C)c1. The predicted octanol–water partition coefficient (Wildman–Crippen LogP) is 6.54. The van der Waals surface area contributed by atoms with Gasteiger partial charge in [0.1, 0.15) is 23.0 Å². The van der Waals surface area contributed by atoms with E-state index in [9.17, 15) is 14.7 Å². The second-order valence-electron chi connectivity index (χ2n) is 10.5. The van der Waals surface area contributed by atoms with Crippen molar-refractivity contribution in [2.75, 3.05) is 14.2 Å². The average Bonchev–Trinajstić information content (AvgIpc) is 3.17. The molecule has 3 aromatic rings. The van der Waals surface area contributed by atoms with Crippen molar-refractivity contribution in [3.63, 3.8) is 0 Å². The summed E-state index contributed by atoms with van der Waals surface area (Å²) in [6.45, 7) is 9.88. The van der Waals surface area contributed by atoms with Gasteiger partial charge in [0.2, 0.25) is 0 Å². The third kappa shape index (κ3) is 5.55. The van der Waals surface area contributed by atoms with Crippen molar-refractivity contribution in [2.24, 2.45) is 0 Å². The van der Waals surface area contributed by atoms with Gasteiger partial charge in [0.15, 0.2) is 0 Å². The molecule has 210 valence electrons. The standard InChI is InChI=1S/C33H37NO6/c1-19(2)25-17-26(21(5)15-28(25)39-7)31(35)29-30(22-12-10-13-24(16-22)40-20(3)4)34(33(37)32(29)36)18-23-11-8-9-14-27(23)38-6/h8-17,19-20,30,35H,18H2,1-7H3/b31-29+. The molecule has 1 heterocycles.